The van der Waals surface area contributed by atoms with E-state index in [4.69, 9.17) is 9.15 Å². The minimum atomic E-state index is -0.775. The number of aromatic nitrogens is 1. The van der Waals surface area contributed by atoms with E-state index < -0.39 is 36.2 Å². The summed E-state index contributed by atoms with van der Waals surface area (Å²) < 4.78 is 37.5. The molecule has 0 aliphatic heterocycles. The molecule has 1 N–H and O–H groups in total. The SMILES string of the molecule is CC(NC(=O)COC(=O)c1cc(-c2ccco2)nc2ccccc12)c1ccc(F)cc1F. The number of pyridine rings is 1. The Labute approximate surface area is 181 Å². The number of amides is 1. The fraction of sp³-hybridized carbons (Fsp3) is 0.125. The van der Waals surface area contributed by atoms with Crippen molar-refractivity contribution in [3.05, 3.63) is 89.7 Å². The average Bonchev–Trinajstić information content (AvgIpc) is 3.31. The van der Waals surface area contributed by atoms with Crippen molar-refractivity contribution in [3.8, 4) is 11.5 Å². The van der Waals surface area contributed by atoms with Crippen LogP contribution in [0.3, 0.4) is 0 Å². The molecule has 0 fully saturated rings. The Morgan fingerprint density at radius 3 is 2.66 bits per heavy atom. The average molecular weight is 436 g/mol. The molecule has 1 unspecified atom stereocenters. The normalized spacial score (nSPS) is 11.8. The van der Waals surface area contributed by atoms with Gasteiger partial charge in [-0.2, -0.15) is 0 Å². The number of furan rings is 1. The van der Waals surface area contributed by atoms with Gasteiger partial charge in [0.15, 0.2) is 12.4 Å². The lowest BCUT2D eigenvalue weighted by Crippen LogP contribution is -2.31. The fourth-order valence-electron chi connectivity index (χ4n) is 3.32. The zero-order valence-corrected chi connectivity index (χ0v) is 17.0. The molecule has 2 aromatic heterocycles. The first-order valence-electron chi connectivity index (χ1n) is 9.77. The molecule has 2 heterocycles. The molecule has 4 rings (SSSR count). The Bertz CT molecular complexity index is 1290. The van der Waals surface area contributed by atoms with Gasteiger partial charge in [-0.05, 0) is 37.3 Å². The van der Waals surface area contributed by atoms with Gasteiger partial charge in [0, 0.05) is 17.0 Å². The van der Waals surface area contributed by atoms with E-state index in [-0.39, 0.29) is 11.1 Å². The molecule has 2 aromatic carbocycles. The summed E-state index contributed by atoms with van der Waals surface area (Å²) in [5.41, 5.74) is 1.37. The third kappa shape index (κ3) is 4.49. The van der Waals surface area contributed by atoms with Gasteiger partial charge in [0.1, 0.15) is 17.3 Å². The molecule has 4 aromatic rings. The highest BCUT2D eigenvalue weighted by Crippen LogP contribution is 2.25. The van der Waals surface area contributed by atoms with E-state index >= 15 is 0 Å². The van der Waals surface area contributed by atoms with E-state index in [9.17, 15) is 18.4 Å². The molecule has 0 bridgehead atoms. The first kappa shape index (κ1) is 21.2. The summed E-state index contributed by atoms with van der Waals surface area (Å²) in [6.45, 7) is 0.973. The number of halogens is 2. The van der Waals surface area contributed by atoms with Crippen molar-refractivity contribution in [3.63, 3.8) is 0 Å². The molecule has 8 heteroatoms. The van der Waals surface area contributed by atoms with E-state index in [2.05, 4.69) is 10.3 Å². The van der Waals surface area contributed by atoms with Gasteiger partial charge in [-0.3, -0.25) is 4.79 Å². The maximum Gasteiger partial charge on any atom is 0.339 e. The molecular weight excluding hydrogens is 418 g/mol. The van der Waals surface area contributed by atoms with Crippen LogP contribution in [-0.2, 0) is 9.53 Å². The van der Waals surface area contributed by atoms with E-state index in [0.29, 0.717) is 22.4 Å². The molecule has 6 nitrogen and oxygen atoms in total. The lowest BCUT2D eigenvalue weighted by molar-refractivity contribution is -0.124. The number of rotatable bonds is 6. The molecule has 1 atom stereocenters. The van der Waals surface area contributed by atoms with Crippen molar-refractivity contribution < 1.29 is 27.5 Å². The van der Waals surface area contributed by atoms with Crippen LogP contribution < -0.4 is 5.32 Å². The molecule has 0 saturated carbocycles. The zero-order chi connectivity index (χ0) is 22.7. The van der Waals surface area contributed by atoms with Gasteiger partial charge in [0.2, 0.25) is 0 Å². The number of nitrogens with one attached hydrogen (secondary N) is 1. The number of fused-ring (bicyclic) bond motifs is 1. The first-order valence-corrected chi connectivity index (χ1v) is 9.77. The van der Waals surface area contributed by atoms with Crippen molar-refractivity contribution in [2.24, 2.45) is 0 Å². The summed E-state index contributed by atoms with van der Waals surface area (Å²) in [6.07, 6.45) is 1.50. The van der Waals surface area contributed by atoms with Crippen LogP contribution in [0, 0.1) is 11.6 Å². The lowest BCUT2D eigenvalue weighted by atomic mass is 10.1. The Hall–Kier alpha value is -4.07. The summed E-state index contributed by atoms with van der Waals surface area (Å²) in [4.78, 5) is 29.5. The van der Waals surface area contributed by atoms with Crippen LogP contribution in [-0.4, -0.2) is 23.5 Å². The molecule has 0 radical (unpaired) electrons. The second-order valence-electron chi connectivity index (χ2n) is 7.08. The van der Waals surface area contributed by atoms with Gasteiger partial charge in [-0.1, -0.05) is 24.3 Å². The van der Waals surface area contributed by atoms with Crippen LogP contribution in [0.4, 0.5) is 8.78 Å². The number of ether oxygens (including phenoxy) is 1. The predicted molar refractivity (Wildman–Crippen MR) is 113 cm³/mol. The zero-order valence-electron chi connectivity index (χ0n) is 17.0. The number of carbonyl (C=O) groups is 2. The Kier molecular flexibility index (Phi) is 5.93. The number of nitrogens with zero attached hydrogens (tertiary/aromatic N) is 1. The monoisotopic (exact) mass is 436 g/mol. The minimum absolute atomic E-state index is 0.120. The van der Waals surface area contributed by atoms with Crippen molar-refractivity contribution in [1.82, 2.24) is 10.3 Å². The van der Waals surface area contributed by atoms with Crippen LogP contribution in [0.2, 0.25) is 0 Å². The molecule has 0 saturated heterocycles. The second kappa shape index (κ2) is 8.97. The minimum Gasteiger partial charge on any atom is -0.463 e. The summed E-state index contributed by atoms with van der Waals surface area (Å²) in [5, 5.41) is 3.09. The summed E-state index contributed by atoms with van der Waals surface area (Å²) >= 11 is 0. The first-order chi connectivity index (χ1) is 15.4. The smallest absolute Gasteiger partial charge is 0.339 e. The van der Waals surface area contributed by atoms with E-state index in [0.717, 1.165) is 12.1 Å². The highest BCUT2D eigenvalue weighted by atomic mass is 19.1. The second-order valence-corrected chi connectivity index (χ2v) is 7.08. The maximum atomic E-state index is 13.9. The quantitative estimate of drug-likeness (QED) is 0.439. The highest BCUT2D eigenvalue weighted by molar-refractivity contribution is 6.05. The van der Waals surface area contributed by atoms with Crippen molar-refractivity contribution in [1.29, 1.82) is 0 Å². The Morgan fingerprint density at radius 2 is 1.91 bits per heavy atom. The molecule has 0 aliphatic rings. The number of para-hydroxylation sites is 1. The molecule has 0 spiro atoms. The van der Waals surface area contributed by atoms with Gasteiger partial charge in [0.05, 0.1) is 23.4 Å². The van der Waals surface area contributed by atoms with E-state index in [1.165, 1.54) is 18.4 Å². The Morgan fingerprint density at radius 1 is 1.09 bits per heavy atom. The van der Waals surface area contributed by atoms with Gasteiger partial charge in [-0.25, -0.2) is 18.6 Å². The largest absolute Gasteiger partial charge is 0.463 e. The lowest BCUT2D eigenvalue weighted by Gasteiger charge is -2.15. The van der Waals surface area contributed by atoms with Gasteiger partial charge in [0.25, 0.3) is 5.91 Å². The number of benzene rings is 2. The standard InChI is InChI=1S/C24H18F2N2O4/c1-14(16-9-8-15(25)11-19(16)26)27-23(29)13-32-24(30)18-12-21(22-7-4-10-31-22)28-20-6-3-2-5-17(18)20/h2-12,14H,13H2,1H3,(H,27,29). The summed E-state index contributed by atoms with van der Waals surface area (Å²) in [6, 6.07) is 14.4. The number of hydrogen-bond donors (Lipinski definition) is 1. The molecule has 1 amide bonds. The number of hydrogen-bond acceptors (Lipinski definition) is 5. The molecule has 162 valence electrons. The number of carbonyl (C=O) groups excluding carboxylic acids is 2. The fourth-order valence-corrected chi connectivity index (χ4v) is 3.32. The van der Waals surface area contributed by atoms with E-state index in [1.807, 2.05) is 0 Å². The van der Waals surface area contributed by atoms with Gasteiger partial charge >= 0.3 is 5.97 Å². The Balaban J connectivity index is 1.48. The van der Waals surface area contributed by atoms with Crippen LogP contribution in [0.1, 0.15) is 28.9 Å². The van der Waals surface area contributed by atoms with Crippen LogP contribution in [0.15, 0.2) is 71.3 Å². The topological polar surface area (TPSA) is 81.4 Å². The molecule has 32 heavy (non-hydrogen) atoms. The summed E-state index contributed by atoms with van der Waals surface area (Å²) in [7, 11) is 0. The third-order valence-electron chi connectivity index (χ3n) is 4.85. The van der Waals surface area contributed by atoms with Gasteiger partial charge < -0.3 is 14.5 Å². The van der Waals surface area contributed by atoms with Crippen molar-refractivity contribution in [2.45, 2.75) is 13.0 Å². The maximum absolute atomic E-state index is 13.9. The van der Waals surface area contributed by atoms with Crippen molar-refractivity contribution in [2.75, 3.05) is 6.61 Å². The molecule has 0 aliphatic carbocycles. The van der Waals surface area contributed by atoms with Crippen LogP contribution in [0.5, 0.6) is 0 Å². The predicted octanol–water partition coefficient (Wildman–Crippen LogP) is 4.81. The van der Waals surface area contributed by atoms with Crippen LogP contribution >= 0.6 is 0 Å². The summed E-state index contributed by atoms with van der Waals surface area (Å²) in [5.74, 6) is -2.34. The van der Waals surface area contributed by atoms with Crippen LogP contribution in [0.25, 0.3) is 22.4 Å². The van der Waals surface area contributed by atoms with Gasteiger partial charge in [-0.15, -0.1) is 0 Å². The molecular formula is C24H18F2N2O4. The number of esters is 1. The highest BCUT2D eigenvalue weighted by Gasteiger charge is 2.19. The van der Waals surface area contributed by atoms with E-state index in [1.54, 1.807) is 43.3 Å². The third-order valence-corrected chi connectivity index (χ3v) is 4.85. The van der Waals surface area contributed by atoms with Crippen molar-refractivity contribution >= 4 is 22.8 Å².